The Morgan fingerprint density at radius 2 is 2.00 bits per heavy atom. The highest BCUT2D eigenvalue weighted by Gasteiger charge is 2.50. The van der Waals surface area contributed by atoms with Crippen molar-refractivity contribution >= 4 is 11.6 Å². The molecule has 0 radical (unpaired) electrons. The zero-order valence-corrected chi connectivity index (χ0v) is 13.7. The molecule has 2 atom stereocenters. The molecule has 0 amide bonds. The molecular formula is C17H17ClF3N3. The maximum Gasteiger partial charge on any atom is 0.401 e. The van der Waals surface area contributed by atoms with Gasteiger partial charge in [0.05, 0.1) is 17.6 Å². The van der Waals surface area contributed by atoms with Gasteiger partial charge in [0, 0.05) is 36.0 Å². The van der Waals surface area contributed by atoms with Crippen LogP contribution in [0.3, 0.4) is 0 Å². The lowest BCUT2D eigenvalue weighted by molar-refractivity contribution is -0.156. The van der Waals surface area contributed by atoms with E-state index < -0.39 is 18.1 Å². The lowest BCUT2D eigenvalue weighted by Crippen LogP contribution is -2.51. The molecule has 2 aliphatic rings. The van der Waals surface area contributed by atoms with Crippen LogP contribution in [0.5, 0.6) is 0 Å². The van der Waals surface area contributed by atoms with Gasteiger partial charge in [-0.2, -0.15) is 18.4 Å². The van der Waals surface area contributed by atoms with Gasteiger partial charge in [-0.25, -0.2) is 0 Å². The minimum Gasteiger partial charge on any atom is -0.289 e. The fourth-order valence-electron chi connectivity index (χ4n) is 4.19. The molecular weight excluding hydrogens is 339 g/mol. The number of nitrogens with zero attached hydrogens (tertiary/aromatic N) is 3. The fraction of sp³-hybridized carbons (Fsp3) is 0.529. The van der Waals surface area contributed by atoms with E-state index >= 15 is 0 Å². The van der Waals surface area contributed by atoms with Crippen molar-refractivity contribution in [3.8, 4) is 6.07 Å². The number of hydrogen-bond donors (Lipinski definition) is 0. The summed E-state index contributed by atoms with van der Waals surface area (Å²) in [5.74, 6) is 0. The van der Waals surface area contributed by atoms with E-state index in [-0.39, 0.29) is 12.1 Å². The number of piperidine rings is 1. The van der Waals surface area contributed by atoms with Crippen molar-refractivity contribution in [2.75, 3.05) is 6.54 Å². The van der Waals surface area contributed by atoms with Gasteiger partial charge in [0.1, 0.15) is 0 Å². The van der Waals surface area contributed by atoms with Crippen molar-refractivity contribution in [3.05, 3.63) is 41.2 Å². The van der Waals surface area contributed by atoms with Crippen LogP contribution in [0.2, 0.25) is 5.02 Å². The largest absolute Gasteiger partial charge is 0.401 e. The molecule has 128 valence electrons. The average Bonchev–Trinajstić information content (AvgIpc) is 2.75. The Kier molecular flexibility index (Phi) is 4.58. The van der Waals surface area contributed by atoms with E-state index in [1.807, 2.05) is 12.1 Å². The summed E-state index contributed by atoms with van der Waals surface area (Å²) in [7, 11) is 0. The number of alkyl halides is 3. The molecule has 2 fully saturated rings. The quantitative estimate of drug-likeness (QED) is 0.761. The van der Waals surface area contributed by atoms with Gasteiger partial charge in [-0.15, -0.1) is 0 Å². The van der Waals surface area contributed by atoms with Crippen LogP contribution in [0.25, 0.3) is 0 Å². The van der Waals surface area contributed by atoms with Crippen molar-refractivity contribution in [2.45, 2.75) is 49.4 Å². The average molecular weight is 356 g/mol. The number of rotatable bonds is 3. The van der Waals surface area contributed by atoms with Gasteiger partial charge in [-0.1, -0.05) is 17.7 Å². The van der Waals surface area contributed by atoms with Crippen LogP contribution in [0.15, 0.2) is 30.6 Å². The van der Waals surface area contributed by atoms with Gasteiger partial charge in [-0.05, 0) is 37.3 Å². The van der Waals surface area contributed by atoms with Crippen LogP contribution in [0, 0.1) is 11.3 Å². The van der Waals surface area contributed by atoms with Gasteiger partial charge >= 0.3 is 6.18 Å². The molecule has 2 bridgehead atoms. The van der Waals surface area contributed by atoms with E-state index in [1.165, 1.54) is 12.3 Å². The maximum absolute atomic E-state index is 12.9. The predicted molar refractivity (Wildman–Crippen MR) is 84.5 cm³/mol. The predicted octanol–water partition coefficient (Wildman–Crippen LogP) is 4.24. The third-order valence-corrected chi connectivity index (χ3v) is 5.30. The normalized spacial score (nSPS) is 30.6. The number of halogens is 4. The van der Waals surface area contributed by atoms with E-state index in [4.69, 9.17) is 16.9 Å². The molecule has 24 heavy (non-hydrogen) atoms. The monoisotopic (exact) mass is 355 g/mol. The highest BCUT2D eigenvalue weighted by molar-refractivity contribution is 6.30. The summed E-state index contributed by atoms with van der Waals surface area (Å²) in [6, 6.07) is 3.51. The minimum atomic E-state index is -4.19. The van der Waals surface area contributed by atoms with Gasteiger partial charge < -0.3 is 0 Å². The number of pyridine rings is 1. The maximum atomic E-state index is 12.9. The Morgan fingerprint density at radius 1 is 1.33 bits per heavy atom. The summed E-state index contributed by atoms with van der Waals surface area (Å²) in [6.07, 6.45) is 4.84. The molecule has 0 aliphatic carbocycles. The standard InChI is InChI=1S/C17H17ClF3N3/c18-13-6-12(9-23-10-13)16(4-1-5-22)7-14-2-3-15(8-16)24(14)11-17(19,20)21/h1,4,6,9-10,14-15H,2-3,7-8,11H2/b4-1+. The van der Waals surface area contributed by atoms with Gasteiger partial charge in [0.2, 0.25) is 0 Å². The van der Waals surface area contributed by atoms with Gasteiger partial charge in [-0.3, -0.25) is 9.88 Å². The summed E-state index contributed by atoms with van der Waals surface area (Å²) in [6.45, 7) is -0.867. The van der Waals surface area contributed by atoms with Gasteiger partial charge in [0.15, 0.2) is 0 Å². The smallest absolute Gasteiger partial charge is 0.289 e. The SMILES string of the molecule is N#C/C=C/C1(c2cncc(Cl)c2)CC2CCC(C1)N2CC(F)(F)F. The highest BCUT2D eigenvalue weighted by Crippen LogP contribution is 2.49. The summed E-state index contributed by atoms with van der Waals surface area (Å²) < 4.78 is 38.6. The van der Waals surface area contributed by atoms with Crippen molar-refractivity contribution in [1.82, 2.24) is 9.88 Å². The molecule has 0 spiro atoms. The molecule has 1 aromatic heterocycles. The van der Waals surface area contributed by atoms with E-state index in [9.17, 15) is 13.2 Å². The molecule has 3 heterocycles. The molecule has 0 N–H and O–H groups in total. The number of allylic oxidation sites excluding steroid dienone is 2. The summed E-state index contributed by atoms with van der Waals surface area (Å²) in [4.78, 5) is 5.70. The molecule has 2 aliphatic heterocycles. The molecule has 1 aromatic rings. The molecule has 3 nitrogen and oxygen atoms in total. The van der Waals surface area contributed by atoms with Crippen LogP contribution in [-0.2, 0) is 5.41 Å². The van der Waals surface area contributed by atoms with E-state index in [0.29, 0.717) is 17.9 Å². The Morgan fingerprint density at radius 3 is 2.54 bits per heavy atom. The van der Waals surface area contributed by atoms with E-state index in [0.717, 1.165) is 18.4 Å². The van der Waals surface area contributed by atoms with Crippen molar-refractivity contribution in [2.24, 2.45) is 0 Å². The van der Waals surface area contributed by atoms with Gasteiger partial charge in [0.25, 0.3) is 0 Å². The Labute approximate surface area is 143 Å². The highest BCUT2D eigenvalue weighted by atomic mass is 35.5. The lowest BCUT2D eigenvalue weighted by Gasteiger charge is -2.45. The second kappa shape index (κ2) is 6.38. The van der Waals surface area contributed by atoms with Crippen molar-refractivity contribution in [3.63, 3.8) is 0 Å². The van der Waals surface area contributed by atoms with Crippen LogP contribution < -0.4 is 0 Å². The molecule has 0 saturated carbocycles. The molecule has 2 saturated heterocycles. The number of aromatic nitrogens is 1. The Hall–Kier alpha value is -1.58. The second-order valence-electron chi connectivity index (χ2n) is 6.59. The zero-order chi connectivity index (χ0) is 17.4. The van der Waals surface area contributed by atoms with E-state index in [2.05, 4.69) is 4.98 Å². The minimum absolute atomic E-state index is 0.146. The van der Waals surface area contributed by atoms with Crippen molar-refractivity contribution in [1.29, 1.82) is 5.26 Å². The first-order valence-electron chi connectivity index (χ1n) is 7.84. The summed E-state index contributed by atoms with van der Waals surface area (Å²) in [5, 5.41) is 9.42. The second-order valence-corrected chi connectivity index (χ2v) is 7.03. The number of hydrogen-bond acceptors (Lipinski definition) is 3. The number of fused-ring (bicyclic) bond motifs is 2. The molecule has 7 heteroatoms. The molecule has 3 rings (SSSR count). The first-order valence-corrected chi connectivity index (χ1v) is 8.22. The Bertz CT molecular complexity index is 666. The summed E-state index contributed by atoms with van der Waals surface area (Å²) >= 11 is 6.05. The van der Waals surface area contributed by atoms with Crippen LogP contribution in [0.4, 0.5) is 13.2 Å². The lowest BCUT2D eigenvalue weighted by atomic mass is 9.70. The molecule has 0 aromatic carbocycles. The fourth-order valence-corrected chi connectivity index (χ4v) is 4.37. The number of nitriles is 1. The Balaban J connectivity index is 1.94. The topological polar surface area (TPSA) is 39.9 Å². The first-order chi connectivity index (χ1) is 11.3. The first kappa shape index (κ1) is 17.2. The molecule has 2 unspecified atom stereocenters. The third kappa shape index (κ3) is 3.42. The van der Waals surface area contributed by atoms with Crippen molar-refractivity contribution < 1.29 is 13.2 Å². The zero-order valence-electron chi connectivity index (χ0n) is 12.9. The van der Waals surface area contributed by atoms with Crippen LogP contribution in [0.1, 0.15) is 31.2 Å². The van der Waals surface area contributed by atoms with Crippen LogP contribution in [-0.4, -0.2) is 34.7 Å². The third-order valence-electron chi connectivity index (χ3n) is 5.09. The van der Waals surface area contributed by atoms with Crippen LogP contribution >= 0.6 is 11.6 Å². The summed E-state index contributed by atoms with van der Waals surface area (Å²) in [5.41, 5.74) is 0.381. The van der Waals surface area contributed by atoms with E-state index in [1.54, 1.807) is 17.2 Å².